The Balaban J connectivity index is 1.73. The maximum Gasteiger partial charge on any atom is 0.263 e. The van der Waals surface area contributed by atoms with E-state index in [1.807, 2.05) is 6.07 Å². The smallest absolute Gasteiger partial charge is 0.263 e. The predicted octanol–water partition coefficient (Wildman–Crippen LogP) is 10.2. The second-order valence-corrected chi connectivity index (χ2v) is 11.9. The molecule has 0 saturated heterocycles. The lowest BCUT2D eigenvalue weighted by molar-refractivity contribution is 1.18. The number of aryl methyl sites for hydroxylation is 6. The summed E-state index contributed by atoms with van der Waals surface area (Å²) in [4.78, 5) is 6.68. The average Bonchev–Trinajstić information content (AvgIpc) is 3.40. The molecule has 0 fully saturated rings. The fourth-order valence-corrected chi connectivity index (χ4v) is 7.51. The molecule has 0 aliphatic heterocycles. The number of benzene rings is 3. The van der Waals surface area contributed by atoms with Gasteiger partial charge in [-0.15, -0.1) is 22.7 Å². The third-order valence-electron chi connectivity index (χ3n) is 6.61. The Morgan fingerprint density at radius 2 is 1.24 bits per heavy atom. The van der Waals surface area contributed by atoms with Crippen molar-refractivity contribution in [2.45, 2.75) is 41.5 Å². The minimum Gasteiger partial charge on any atom is -0.301 e. The van der Waals surface area contributed by atoms with E-state index in [-0.39, 0.29) is 5.70 Å². The number of nitriles is 1. The molecule has 3 aromatic carbocycles. The first kappa shape index (κ1) is 24.8. The molecule has 5 aromatic rings. The molecule has 5 rings (SSSR count). The van der Waals surface area contributed by atoms with Crippen LogP contribution in [-0.4, -0.2) is 0 Å². The van der Waals surface area contributed by atoms with Crippen molar-refractivity contribution in [3.05, 3.63) is 104 Å². The van der Waals surface area contributed by atoms with Crippen LogP contribution in [-0.2, 0) is 0 Å². The van der Waals surface area contributed by atoms with Crippen molar-refractivity contribution in [3.63, 3.8) is 0 Å². The van der Waals surface area contributed by atoms with Crippen LogP contribution in [0.4, 0.5) is 16.4 Å². The van der Waals surface area contributed by atoms with Gasteiger partial charge < -0.3 is 4.90 Å². The lowest BCUT2D eigenvalue weighted by Crippen LogP contribution is -2.14. The molecule has 0 amide bonds. The van der Waals surface area contributed by atoms with Crippen LogP contribution in [0.15, 0.2) is 54.2 Å². The van der Waals surface area contributed by atoms with Gasteiger partial charge in [0.15, 0.2) is 0 Å². The van der Waals surface area contributed by atoms with Gasteiger partial charge in [0.1, 0.15) is 5.00 Å². The van der Waals surface area contributed by atoms with Gasteiger partial charge in [0.2, 0.25) is 0 Å². The normalized spacial score (nSPS) is 11.6. The number of rotatable bonds is 4. The van der Waals surface area contributed by atoms with E-state index in [9.17, 15) is 0 Å². The minimum absolute atomic E-state index is 0.110. The first-order chi connectivity index (χ1) is 17.7. The summed E-state index contributed by atoms with van der Waals surface area (Å²) in [6, 6.07) is 19.9. The van der Waals surface area contributed by atoms with Crippen molar-refractivity contribution < 1.29 is 0 Å². The van der Waals surface area contributed by atoms with Crippen LogP contribution in [0.1, 0.15) is 38.3 Å². The van der Waals surface area contributed by atoms with Gasteiger partial charge in [-0.2, -0.15) is 0 Å². The van der Waals surface area contributed by atoms with Crippen molar-refractivity contribution in [2.75, 3.05) is 4.90 Å². The van der Waals surface area contributed by atoms with Crippen LogP contribution >= 0.6 is 22.7 Å². The summed E-state index contributed by atoms with van der Waals surface area (Å²) in [5, 5.41) is 12.7. The van der Waals surface area contributed by atoms with Crippen molar-refractivity contribution in [1.29, 1.82) is 5.26 Å². The minimum atomic E-state index is 0.110. The van der Waals surface area contributed by atoms with E-state index in [1.165, 1.54) is 59.8 Å². The Labute approximate surface area is 226 Å². The topological polar surface area (TPSA) is 31.4 Å². The summed E-state index contributed by atoms with van der Waals surface area (Å²) in [6.45, 7) is 20.3. The van der Waals surface area contributed by atoms with Crippen molar-refractivity contribution in [1.82, 2.24) is 0 Å². The number of hydrogen-bond donors (Lipinski definition) is 0. The van der Waals surface area contributed by atoms with Gasteiger partial charge in [0.05, 0.1) is 24.0 Å². The SMILES string of the molecule is [C-]#[N+]/C(C#N)=C\c1cc2cc3sc(N(c4c(C)cc(C)cc4C)c4c(C)cc(C)cc4C)cc3cc2s1. The monoisotopic (exact) mass is 517 g/mol. The van der Waals surface area contributed by atoms with E-state index < -0.39 is 0 Å². The molecular formula is C32H27N3S2. The van der Waals surface area contributed by atoms with Gasteiger partial charge in [-0.1, -0.05) is 35.4 Å². The second kappa shape index (κ2) is 9.52. The van der Waals surface area contributed by atoms with Crippen LogP contribution in [0.2, 0.25) is 0 Å². The molecule has 0 aliphatic rings. The molecule has 2 aromatic heterocycles. The fourth-order valence-electron chi connectivity index (χ4n) is 5.37. The summed E-state index contributed by atoms with van der Waals surface area (Å²) < 4.78 is 2.37. The van der Waals surface area contributed by atoms with Gasteiger partial charge in [0.25, 0.3) is 5.70 Å². The van der Waals surface area contributed by atoms with E-state index in [2.05, 4.69) is 99.8 Å². The lowest BCUT2D eigenvalue weighted by atomic mass is 10.00. The van der Waals surface area contributed by atoms with Crippen molar-refractivity contribution in [3.8, 4) is 6.07 Å². The second-order valence-electron chi connectivity index (χ2n) is 9.74. The van der Waals surface area contributed by atoms with Gasteiger partial charge in [-0.3, -0.25) is 0 Å². The number of hydrogen-bond acceptors (Lipinski definition) is 4. The zero-order valence-corrected chi connectivity index (χ0v) is 23.5. The molecular weight excluding hydrogens is 491 g/mol. The third-order valence-corrected chi connectivity index (χ3v) is 8.74. The molecule has 0 unspecified atom stereocenters. The summed E-state index contributed by atoms with van der Waals surface area (Å²) in [5.74, 6) is 0. The molecule has 37 heavy (non-hydrogen) atoms. The summed E-state index contributed by atoms with van der Waals surface area (Å²) in [6.07, 6.45) is 1.67. The van der Waals surface area contributed by atoms with E-state index in [0.29, 0.717) is 0 Å². The molecule has 2 heterocycles. The molecule has 0 atom stereocenters. The molecule has 5 heteroatoms. The number of thiophene rings is 2. The quantitative estimate of drug-likeness (QED) is 0.175. The Morgan fingerprint density at radius 3 is 1.73 bits per heavy atom. The fraction of sp³-hybridized carbons (Fsp3) is 0.188. The molecule has 0 spiro atoms. The standard InChI is InChI=1S/C32H27N3S2/c1-18-8-20(3)31(21(4)9-18)35(32-22(5)10-19(2)11-23(32)6)30-15-25-14-28-24(13-29(25)37-30)12-27(36-28)16-26(17-33)34-7/h8-16H,1-6H3/b26-16-. The zero-order chi connectivity index (χ0) is 26.4. The number of nitrogens with zero attached hydrogens (tertiary/aromatic N) is 3. The van der Waals surface area contributed by atoms with Gasteiger partial charge in [0, 0.05) is 14.3 Å². The highest BCUT2D eigenvalue weighted by molar-refractivity contribution is 7.23. The van der Waals surface area contributed by atoms with E-state index in [0.717, 1.165) is 15.0 Å². The molecule has 0 radical (unpaired) electrons. The van der Waals surface area contributed by atoms with Gasteiger partial charge >= 0.3 is 0 Å². The summed E-state index contributed by atoms with van der Waals surface area (Å²) in [5.41, 5.74) is 10.2. The van der Waals surface area contributed by atoms with Crippen LogP contribution in [0, 0.1) is 59.4 Å². The molecule has 182 valence electrons. The highest BCUT2D eigenvalue weighted by Crippen LogP contribution is 2.47. The Morgan fingerprint density at radius 1 is 0.757 bits per heavy atom. The Bertz CT molecular complexity index is 1650. The Kier molecular flexibility index (Phi) is 6.38. The van der Waals surface area contributed by atoms with Crippen LogP contribution in [0.5, 0.6) is 0 Å². The lowest BCUT2D eigenvalue weighted by Gasteiger charge is -2.30. The van der Waals surface area contributed by atoms with Crippen LogP contribution in [0.25, 0.3) is 31.1 Å². The maximum absolute atomic E-state index is 9.13. The molecule has 0 aliphatic carbocycles. The Hall–Kier alpha value is -3.90. The summed E-state index contributed by atoms with van der Waals surface area (Å²) >= 11 is 3.41. The van der Waals surface area contributed by atoms with Gasteiger partial charge in [-0.05, 0) is 105 Å². The highest BCUT2D eigenvalue weighted by Gasteiger charge is 2.23. The van der Waals surface area contributed by atoms with E-state index in [4.69, 9.17) is 11.8 Å². The first-order valence-electron chi connectivity index (χ1n) is 12.1. The summed E-state index contributed by atoms with van der Waals surface area (Å²) in [7, 11) is 0. The third kappa shape index (κ3) is 4.53. The number of anilines is 3. The molecule has 0 saturated carbocycles. The largest absolute Gasteiger partial charge is 0.301 e. The number of allylic oxidation sites excluding steroid dienone is 1. The first-order valence-corrected chi connectivity index (χ1v) is 13.7. The zero-order valence-electron chi connectivity index (χ0n) is 21.9. The molecule has 3 nitrogen and oxygen atoms in total. The molecule has 0 bridgehead atoms. The van der Waals surface area contributed by atoms with Gasteiger partial charge in [-0.25, -0.2) is 10.1 Å². The number of fused-ring (bicyclic) bond motifs is 2. The van der Waals surface area contributed by atoms with E-state index >= 15 is 0 Å². The maximum atomic E-state index is 9.13. The predicted molar refractivity (Wildman–Crippen MR) is 161 cm³/mol. The van der Waals surface area contributed by atoms with E-state index in [1.54, 1.807) is 28.7 Å². The van der Waals surface area contributed by atoms with Crippen LogP contribution in [0.3, 0.4) is 0 Å². The van der Waals surface area contributed by atoms with Crippen molar-refractivity contribution >= 4 is 65.3 Å². The average molecular weight is 518 g/mol. The van der Waals surface area contributed by atoms with Crippen molar-refractivity contribution in [2.24, 2.45) is 0 Å². The van der Waals surface area contributed by atoms with Crippen LogP contribution < -0.4 is 4.90 Å². The molecule has 0 N–H and O–H groups in total. The highest BCUT2D eigenvalue weighted by atomic mass is 32.1.